The van der Waals surface area contributed by atoms with Crippen LogP contribution in [0.1, 0.15) is 55.6 Å². The van der Waals surface area contributed by atoms with Crippen molar-refractivity contribution in [1.29, 1.82) is 0 Å². The fourth-order valence-electron chi connectivity index (χ4n) is 4.39. The van der Waals surface area contributed by atoms with Crippen LogP contribution in [0.5, 0.6) is 5.75 Å². The smallest absolute Gasteiger partial charge is 0.223 e. The molecule has 2 atom stereocenters. The second kappa shape index (κ2) is 7.75. The van der Waals surface area contributed by atoms with E-state index in [4.69, 9.17) is 9.72 Å². The van der Waals surface area contributed by atoms with Crippen molar-refractivity contribution >= 4 is 5.91 Å². The largest absolute Gasteiger partial charge is 0.497 e. The molecule has 0 aliphatic carbocycles. The van der Waals surface area contributed by atoms with E-state index in [-0.39, 0.29) is 11.8 Å². The van der Waals surface area contributed by atoms with Gasteiger partial charge in [0.25, 0.3) is 0 Å². The van der Waals surface area contributed by atoms with Gasteiger partial charge in [0, 0.05) is 50.3 Å². The van der Waals surface area contributed by atoms with Crippen LogP contribution in [0.3, 0.4) is 0 Å². The number of methoxy groups -OCH3 is 1. The Balaban J connectivity index is 1.66. The summed E-state index contributed by atoms with van der Waals surface area (Å²) in [7, 11) is 1.68. The van der Waals surface area contributed by atoms with Gasteiger partial charge < -0.3 is 14.2 Å². The molecule has 0 bridgehead atoms. The minimum absolute atomic E-state index is 0.0404. The highest BCUT2D eigenvalue weighted by molar-refractivity contribution is 5.78. The van der Waals surface area contributed by atoms with E-state index < -0.39 is 0 Å². The number of imidazole rings is 1. The predicted octanol–water partition coefficient (Wildman–Crippen LogP) is 3.62. The highest BCUT2D eigenvalue weighted by Gasteiger charge is 2.28. The minimum Gasteiger partial charge on any atom is -0.497 e. The van der Waals surface area contributed by atoms with Crippen LogP contribution in [0.25, 0.3) is 0 Å². The third kappa shape index (κ3) is 3.73. The van der Waals surface area contributed by atoms with E-state index in [0.717, 1.165) is 56.0 Å². The molecule has 4 rings (SSSR count). The Hall–Kier alpha value is -2.30. The number of rotatable bonds is 5. The zero-order valence-corrected chi connectivity index (χ0v) is 16.4. The van der Waals surface area contributed by atoms with Gasteiger partial charge in [-0.15, -0.1) is 0 Å². The third-order valence-corrected chi connectivity index (χ3v) is 6.06. The molecule has 2 aliphatic heterocycles. The number of hydrogen-bond acceptors (Lipinski definition) is 3. The first kappa shape index (κ1) is 18.1. The summed E-state index contributed by atoms with van der Waals surface area (Å²) >= 11 is 0. The fraction of sp³-hybridized carbons (Fsp3) is 0.545. The van der Waals surface area contributed by atoms with Crippen molar-refractivity contribution in [3.63, 3.8) is 0 Å². The first-order valence-corrected chi connectivity index (χ1v) is 10.1. The maximum absolute atomic E-state index is 12.9. The van der Waals surface area contributed by atoms with Gasteiger partial charge in [0.15, 0.2) is 0 Å². The number of aromatic nitrogens is 2. The predicted molar refractivity (Wildman–Crippen MR) is 105 cm³/mol. The highest BCUT2D eigenvalue weighted by atomic mass is 16.5. The Bertz CT molecular complexity index is 790. The molecule has 1 aromatic carbocycles. The molecule has 0 N–H and O–H groups in total. The van der Waals surface area contributed by atoms with Crippen LogP contribution in [-0.2, 0) is 17.8 Å². The topological polar surface area (TPSA) is 47.4 Å². The van der Waals surface area contributed by atoms with Crippen molar-refractivity contribution in [3.8, 4) is 5.75 Å². The molecule has 1 fully saturated rings. The summed E-state index contributed by atoms with van der Waals surface area (Å²) < 4.78 is 7.66. The Morgan fingerprint density at radius 3 is 2.67 bits per heavy atom. The van der Waals surface area contributed by atoms with Gasteiger partial charge >= 0.3 is 0 Å². The molecule has 1 amide bonds. The molecule has 0 radical (unpaired) electrons. The molecule has 1 saturated heterocycles. The lowest BCUT2D eigenvalue weighted by Gasteiger charge is -2.26. The molecular formula is C22H29N3O2. The Labute approximate surface area is 161 Å². The van der Waals surface area contributed by atoms with E-state index in [1.54, 1.807) is 7.11 Å². The lowest BCUT2D eigenvalue weighted by Crippen LogP contribution is -2.30. The number of likely N-dealkylation sites (tertiary alicyclic amines) is 1. The normalized spacial score (nSPS) is 20.4. The summed E-state index contributed by atoms with van der Waals surface area (Å²) in [6.07, 6.45) is 6.95. The van der Waals surface area contributed by atoms with Gasteiger partial charge in [-0.05, 0) is 42.9 Å². The Morgan fingerprint density at radius 1 is 1.22 bits per heavy atom. The summed E-state index contributed by atoms with van der Waals surface area (Å²) in [4.78, 5) is 19.7. The monoisotopic (exact) mass is 367 g/mol. The first-order valence-electron chi connectivity index (χ1n) is 10.1. The number of fused-ring (bicyclic) bond motifs is 1. The summed E-state index contributed by atoms with van der Waals surface area (Å²) in [6.45, 7) is 5.08. The van der Waals surface area contributed by atoms with Gasteiger partial charge in [-0.25, -0.2) is 4.98 Å². The maximum atomic E-state index is 12.9. The van der Waals surface area contributed by atoms with Crippen molar-refractivity contribution in [3.05, 3.63) is 47.5 Å². The Morgan fingerprint density at radius 2 is 1.96 bits per heavy atom. The fourth-order valence-corrected chi connectivity index (χ4v) is 4.39. The quantitative estimate of drug-likeness (QED) is 0.811. The van der Waals surface area contributed by atoms with E-state index in [9.17, 15) is 4.79 Å². The number of amides is 1. The molecule has 5 heteroatoms. The third-order valence-electron chi connectivity index (χ3n) is 6.06. The van der Waals surface area contributed by atoms with Crippen LogP contribution in [-0.4, -0.2) is 40.6 Å². The van der Waals surface area contributed by atoms with E-state index >= 15 is 0 Å². The van der Waals surface area contributed by atoms with Crippen LogP contribution >= 0.6 is 0 Å². The van der Waals surface area contributed by atoms with Crippen molar-refractivity contribution in [2.75, 3.05) is 20.2 Å². The molecule has 5 nitrogen and oxygen atoms in total. The lowest BCUT2D eigenvalue weighted by atomic mass is 9.91. The molecule has 1 aromatic heterocycles. The molecule has 3 heterocycles. The van der Waals surface area contributed by atoms with Crippen molar-refractivity contribution in [2.24, 2.45) is 5.92 Å². The molecule has 2 aromatic rings. The van der Waals surface area contributed by atoms with E-state index in [1.165, 1.54) is 12.1 Å². The van der Waals surface area contributed by atoms with Crippen LogP contribution in [0.15, 0.2) is 30.5 Å². The molecule has 144 valence electrons. The van der Waals surface area contributed by atoms with Gasteiger partial charge in [-0.3, -0.25) is 4.79 Å². The summed E-state index contributed by atoms with van der Waals surface area (Å²) in [6, 6.07) is 8.15. The van der Waals surface area contributed by atoms with Crippen molar-refractivity contribution in [2.45, 2.75) is 51.5 Å². The van der Waals surface area contributed by atoms with Crippen LogP contribution in [0.4, 0.5) is 0 Å². The van der Waals surface area contributed by atoms with Crippen molar-refractivity contribution < 1.29 is 9.53 Å². The molecule has 2 aliphatic rings. The Kier molecular flexibility index (Phi) is 5.19. The average Bonchev–Trinajstić information content (AvgIpc) is 3.36. The van der Waals surface area contributed by atoms with Crippen molar-refractivity contribution in [1.82, 2.24) is 14.5 Å². The summed E-state index contributed by atoms with van der Waals surface area (Å²) in [5.41, 5.74) is 2.33. The maximum Gasteiger partial charge on any atom is 0.223 e. The van der Waals surface area contributed by atoms with E-state index in [0.29, 0.717) is 12.3 Å². The minimum atomic E-state index is 0.0404. The van der Waals surface area contributed by atoms with Gasteiger partial charge in [0.05, 0.1) is 7.11 Å². The number of ether oxygens (including phenoxy) is 1. The van der Waals surface area contributed by atoms with Crippen LogP contribution in [0, 0.1) is 5.92 Å². The molecule has 0 spiro atoms. The SMILES string of the molecule is COc1ccc([C@@H](CC(=O)N2CCCC2)c2cnc3n2CC[C@H](C)C3)cc1. The zero-order chi connectivity index (χ0) is 18.8. The van der Waals surface area contributed by atoms with Gasteiger partial charge in [0.2, 0.25) is 5.91 Å². The van der Waals surface area contributed by atoms with Gasteiger partial charge in [-0.2, -0.15) is 0 Å². The summed E-state index contributed by atoms with van der Waals surface area (Å²) in [5.74, 6) is 2.98. The molecular weight excluding hydrogens is 338 g/mol. The number of hydrogen-bond donors (Lipinski definition) is 0. The van der Waals surface area contributed by atoms with Crippen LogP contribution in [0.2, 0.25) is 0 Å². The van der Waals surface area contributed by atoms with E-state index in [2.05, 4.69) is 23.6 Å². The first-order chi connectivity index (χ1) is 13.2. The molecule has 0 unspecified atom stereocenters. The second-order valence-electron chi connectivity index (χ2n) is 7.97. The number of benzene rings is 1. The zero-order valence-electron chi connectivity index (χ0n) is 16.4. The average molecular weight is 367 g/mol. The number of carbonyl (C=O) groups is 1. The van der Waals surface area contributed by atoms with E-state index in [1.807, 2.05) is 23.2 Å². The van der Waals surface area contributed by atoms with Gasteiger partial charge in [-0.1, -0.05) is 19.1 Å². The summed E-state index contributed by atoms with van der Waals surface area (Å²) in [5, 5.41) is 0. The highest BCUT2D eigenvalue weighted by Crippen LogP contribution is 2.33. The molecule has 0 saturated carbocycles. The lowest BCUT2D eigenvalue weighted by molar-refractivity contribution is -0.130. The van der Waals surface area contributed by atoms with Gasteiger partial charge in [0.1, 0.15) is 11.6 Å². The standard InChI is InChI=1S/C22H29N3O2/c1-16-9-12-25-20(15-23-21(25)13-16)19(14-22(26)24-10-3-4-11-24)17-5-7-18(27-2)8-6-17/h5-8,15-16,19H,3-4,9-14H2,1-2H3/t16-,19+/m0/s1. The van der Waals surface area contributed by atoms with Crippen LogP contribution < -0.4 is 4.74 Å². The second-order valence-corrected chi connectivity index (χ2v) is 7.97. The molecule has 27 heavy (non-hydrogen) atoms. The number of nitrogens with zero attached hydrogens (tertiary/aromatic N) is 3. The number of carbonyl (C=O) groups excluding carboxylic acids is 1.